The molecule has 2 amide bonds. The first-order chi connectivity index (χ1) is 14.1. The molecule has 2 aromatic carbocycles. The molecule has 0 atom stereocenters. The van der Waals surface area contributed by atoms with E-state index in [1.807, 2.05) is 36.1 Å². The monoisotopic (exact) mass is 431 g/mol. The predicted octanol–water partition coefficient (Wildman–Crippen LogP) is 4.90. The number of rotatable bonds is 4. The zero-order valence-electron chi connectivity index (χ0n) is 17.1. The van der Waals surface area contributed by atoms with Crippen molar-refractivity contribution in [3.8, 4) is 11.1 Å². The van der Waals surface area contributed by atoms with Crippen LogP contribution >= 0.6 is 12.4 Å². The SMILES string of the molecule is CCNC(=O)N1CCCN(Cc2cc3cc(-c4cccc(F)c4)ccc3o2)CC1.Cl. The summed E-state index contributed by atoms with van der Waals surface area (Å²) in [7, 11) is 0. The molecule has 0 spiro atoms. The molecule has 1 N–H and O–H groups in total. The second kappa shape index (κ2) is 9.96. The fraction of sp³-hybridized carbons (Fsp3) is 0.348. The van der Waals surface area contributed by atoms with Crippen LogP contribution in [0.15, 0.2) is 52.9 Å². The van der Waals surface area contributed by atoms with Gasteiger partial charge in [-0.1, -0.05) is 18.2 Å². The highest BCUT2D eigenvalue weighted by Gasteiger charge is 2.19. The van der Waals surface area contributed by atoms with Crippen LogP contribution in [0.3, 0.4) is 0 Å². The highest BCUT2D eigenvalue weighted by molar-refractivity contribution is 5.85. The highest BCUT2D eigenvalue weighted by Crippen LogP contribution is 2.27. The number of hydrogen-bond donors (Lipinski definition) is 1. The molecule has 1 saturated heterocycles. The lowest BCUT2D eigenvalue weighted by molar-refractivity contribution is 0.197. The van der Waals surface area contributed by atoms with E-state index in [9.17, 15) is 9.18 Å². The molecule has 30 heavy (non-hydrogen) atoms. The number of fused-ring (bicyclic) bond motifs is 1. The van der Waals surface area contributed by atoms with E-state index < -0.39 is 0 Å². The third kappa shape index (κ3) is 5.12. The van der Waals surface area contributed by atoms with Crippen molar-refractivity contribution in [2.75, 3.05) is 32.7 Å². The molecular weight excluding hydrogens is 405 g/mol. The molecule has 0 unspecified atom stereocenters. The van der Waals surface area contributed by atoms with Gasteiger partial charge in [-0.2, -0.15) is 0 Å². The summed E-state index contributed by atoms with van der Waals surface area (Å²) in [6.07, 6.45) is 0.946. The van der Waals surface area contributed by atoms with Crippen LogP contribution in [0.25, 0.3) is 22.1 Å². The van der Waals surface area contributed by atoms with Crippen molar-refractivity contribution in [3.05, 3.63) is 60.1 Å². The summed E-state index contributed by atoms with van der Waals surface area (Å²) in [5, 5.41) is 3.89. The lowest BCUT2D eigenvalue weighted by Crippen LogP contribution is -2.41. The minimum Gasteiger partial charge on any atom is -0.460 e. The zero-order valence-corrected chi connectivity index (χ0v) is 17.9. The number of halogens is 2. The third-order valence-electron chi connectivity index (χ3n) is 5.31. The summed E-state index contributed by atoms with van der Waals surface area (Å²) in [6.45, 7) is 6.55. The average molecular weight is 432 g/mol. The van der Waals surface area contributed by atoms with Crippen molar-refractivity contribution in [1.82, 2.24) is 15.1 Å². The van der Waals surface area contributed by atoms with Crippen molar-refractivity contribution >= 4 is 29.4 Å². The molecule has 0 bridgehead atoms. The second-order valence-corrected chi connectivity index (χ2v) is 7.43. The highest BCUT2D eigenvalue weighted by atomic mass is 35.5. The fourth-order valence-corrected chi connectivity index (χ4v) is 3.84. The van der Waals surface area contributed by atoms with Gasteiger partial charge in [0, 0.05) is 38.1 Å². The molecule has 4 rings (SSSR count). The van der Waals surface area contributed by atoms with Gasteiger partial charge in [-0.25, -0.2) is 9.18 Å². The van der Waals surface area contributed by atoms with E-state index >= 15 is 0 Å². The number of furan rings is 1. The van der Waals surface area contributed by atoms with Crippen LogP contribution in [0.4, 0.5) is 9.18 Å². The van der Waals surface area contributed by atoms with Crippen molar-refractivity contribution < 1.29 is 13.6 Å². The molecule has 1 aromatic heterocycles. The van der Waals surface area contributed by atoms with Crippen LogP contribution in [0.5, 0.6) is 0 Å². The standard InChI is InChI=1S/C23H26FN3O2.ClH/c1-2-25-23(28)27-10-4-9-26(11-12-27)16-21-15-19-13-18(7-8-22(19)29-21)17-5-3-6-20(24)14-17;/h3,5-8,13-15H,2,4,9-12,16H2,1H3,(H,25,28);1H. The molecule has 1 aliphatic rings. The summed E-state index contributed by atoms with van der Waals surface area (Å²) in [5.41, 5.74) is 2.66. The Kier molecular flexibility index (Phi) is 7.34. The Labute approximate surface area is 182 Å². The summed E-state index contributed by atoms with van der Waals surface area (Å²) >= 11 is 0. The zero-order chi connectivity index (χ0) is 20.2. The van der Waals surface area contributed by atoms with Gasteiger partial charge >= 0.3 is 6.03 Å². The summed E-state index contributed by atoms with van der Waals surface area (Å²) in [6, 6.07) is 14.6. The maximum Gasteiger partial charge on any atom is 0.317 e. The first-order valence-corrected chi connectivity index (χ1v) is 10.2. The van der Waals surface area contributed by atoms with Gasteiger partial charge in [0.2, 0.25) is 0 Å². The Morgan fingerprint density at radius 2 is 1.90 bits per heavy atom. The van der Waals surface area contributed by atoms with Crippen molar-refractivity contribution in [3.63, 3.8) is 0 Å². The maximum absolute atomic E-state index is 13.5. The van der Waals surface area contributed by atoms with E-state index in [0.29, 0.717) is 13.1 Å². The van der Waals surface area contributed by atoms with Gasteiger partial charge in [0.05, 0.1) is 6.54 Å². The number of amides is 2. The van der Waals surface area contributed by atoms with Gasteiger partial charge in [-0.05, 0) is 54.8 Å². The van der Waals surface area contributed by atoms with Crippen LogP contribution in [-0.2, 0) is 6.54 Å². The number of urea groups is 1. The van der Waals surface area contributed by atoms with Crippen molar-refractivity contribution in [2.45, 2.75) is 19.9 Å². The average Bonchev–Trinajstić information content (AvgIpc) is 2.96. The third-order valence-corrected chi connectivity index (χ3v) is 5.31. The molecule has 5 nitrogen and oxygen atoms in total. The van der Waals surface area contributed by atoms with Gasteiger partial charge in [0.15, 0.2) is 0 Å². The lowest BCUT2D eigenvalue weighted by Gasteiger charge is -2.21. The molecule has 0 aliphatic carbocycles. The minimum absolute atomic E-state index is 0. The molecule has 2 heterocycles. The molecule has 3 aromatic rings. The molecule has 1 fully saturated rings. The van der Waals surface area contributed by atoms with Crippen LogP contribution < -0.4 is 5.32 Å². The molecule has 0 radical (unpaired) electrons. The Hall–Kier alpha value is -2.57. The normalized spacial score (nSPS) is 14.9. The van der Waals surface area contributed by atoms with Crippen LogP contribution in [0.1, 0.15) is 19.1 Å². The second-order valence-electron chi connectivity index (χ2n) is 7.43. The van der Waals surface area contributed by atoms with Crippen molar-refractivity contribution in [2.24, 2.45) is 0 Å². The van der Waals surface area contributed by atoms with E-state index in [4.69, 9.17) is 4.42 Å². The molecule has 160 valence electrons. The van der Waals surface area contributed by atoms with Gasteiger partial charge < -0.3 is 14.6 Å². The Balaban J connectivity index is 0.00000256. The quantitative estimate of drug-likeness (QED) is 0.639. The first kappa shape index (κ1) is 22.1. The molecular formula is C23H27ClFN3O2. The van der Waals surface area contributed by atoms with E-state index in [-0.39, 0.29) is 24.3 Å². The van der Waals surface area contributed by atoms with E-state index in [1.165, 1.54) is 6.07 Å². The van der Waals surface area contributed by atoms with Gasteiger partial charge in [0.1, 0.15) is 17.2 Å². The summed E-state index contributed by atoms with van der Waals surface area (Å²) in [5.74, 6) is 0.668. The summed E-state index contributed by atoms with van der Waals surface area (Å²) in [4.78, 5) is 16.3. The maximum atomic E-state index is 13.5. The topological polar surface area (TPSA) is 48.7 Å². The minimum atomic E-state index is -0.238. The largest absolute Gasteiger partial charge is 0.460 e. The Morgan fingerprint density at radius 3 is 2.70 bits per heavy atom. The lowest BCUT2D eigenvalue weighted by atomic mass is 10.0. The number of carbonyl (C=O) groups is 1. The van der Waals surface area contributed by atoms with E-state index in [2.05, 4.69) is 16.3 Å². The van der Waals surface area contributed by atoms with Crippen molar-refractivity contribution in [1.29, 1.82) is 0 Å². The number of hydrogen-bond acceptors (Lipinski definition) is 3. The smallest absolute Gasteiger partial charge is 0.317 e. The summed E-state index contributed by atoms with van der Waals surface area (Å²) < 4.78 is 19.6. The van der Waals surface area contributed by atoms with Crippen LogP contribution in [0, 0.1) is 5.82 Å². The van der Waals surface area contributed by atoms with Gasteiger partial charge in [0.25, 0.3) is 0 Å². The van der Waals surface area contributed by atoms with E-state index in [0.717, 1.165) is 60.5 Å². The van der Waals surface area contributed by atoms with E-state index in [1.54, 1.807) is 12.1 Å². The first-order valence-electron chi connectivity index (χ1n) is 10.2. The molecule has 0 saturated carbocycles. The Bertz CT molecular complexity index is 1010. The number of nitrogens with one attached hydrogen (secondary N) is 1. The predicted molar refractivity (Wildman–Crippen MR) is 119 cm³/mol. The number of carbonyl (C=O) groups excluding carboxylic acids is 1. The van der Waals surface area contributed by atoms with Gasteiger partial charge in [-0.3, -0.25) is 4.90 Å². The number of benzene rings is 2. The fourth-order valence-electron chi connectivity index (χ4n) is 3.84. The number of nitrogens with zero attached hydrogens (tertiary/aromatic N) is 2. The molecule has 7 heteroatoms. The van der Waals surface area contributed by atoms with Crippen LogP contribution in [0.2, 0.25) is 0 Å². The molecule has 1 aliphatic heterocycles. The van der Waals surface area contributed by atoms with Crippen LogP contribution in [-0.4, -0.2) is 48.6 Å². The Morgan fingerprint density at radius 1 is 1.07 bits per heavy atom. The van der Waals surface area contributed by atoms with Gasteiger partial charge in [-0.15, -0.1) is 12.4 Å².